The molecule has 18 heavy (non-hydrogen) atoms. The van der Waals surface area contributed by atoms with Gasteiger partial charge in [0.25, 0.3) is 0 Å². The summed E-state index contributed by atoms with van der Waals surface area (Å²) in [7, 11) is 0. The highest BCUT2D eigenvalue weighted by Gasteiger charge is 2.41. The first-order chi connectivity index (χ1) is 8.43. The van der Waals surface area contributed by atoms with Crippen LogP contribution in [0.4, 0.5) is 13.2 Å². The number of carboxylic acid groups (broad SMARTS) is 1. The molecular formula is C12H12F3NO2. The van der Waals surface area contributed by atoms with E-state index in [1.54, 1.807) is 0 Å². The molecule has 0 unspecified atom stereocenters. The van der Waals surface area contributed by atoms with E-state index in [1.807, 2.05) is 0 Å². The number of nitrogens with two attached hydrogens (primary N) is 1. The number of halogens is 3. The number of rotatable bonds is 3. The van der Waals surface area contributed by atoms with Crippen molar-refractivity contribution >= 4 is 5.97 Å². The largest absolute Gasteiger partial charge is 0.477 e. The Hall–Kier alpha value is -1.56. The molecule has 1 saturated carbocycles. The molecule has 3 nitrogen and oxygen atoms in total. The first-order valence-electron chi connectivity index (χ1n) is 5.54. The monoisotopic (exact) mass is 259 g/mol. The summed E-state index contributed by atoms with van der Waals surface area (Å²) in [6.45, 7) is 0.0786. The number of carbonyl (C=O) groups is 1. The van der Waals surface area contributed by atoms with Crippen LogP contribution in [0.25, 0.3) is 0 Å². The van der Waals surface area contributed by atoms with Gasteiger partial charge in [-0.3, -0.25) is 0 Å². The van der Waals surface area contributed by atoms with Crippen LogP contribution in [0.1, 0.15) is 35.2 Å². The normalized spacial score (nSPS) is 17.3. The highest BCUT2D eigenvalue weighted by Crippen LogP contribution is 2.44. The van der Waals surface area contributed by atoms with E-state index < -0.39 is 34.4 Å². The van der Waals surface area contributed by atoms with E-state index in [4.69, 9.17) is 10.8 Å². The summed E-state index contributed by atoms with van der Waals surface area (Å²) in [6, 6.07) is 0.758. The van der Waals surface area contributed by atoms with Gasteiger partial charge in [0.2, 0.25) is 0 Å². The zero-order valence-corrected chi connectivity index (χ0v) is 9.47. The minimum Gasteiger partial charge on any atom is -0.477 e. The van der Waals surface area contributed by atoms with Crippen LogP contribution in [0, 0.1) is 17.5 Å². The molecule has 6 heteroatoms. The van der Waals surface area contributed by atoms with Gasteiger partial charge in [-0.1, -0.05) is 6.42 Å². The van der Waals surface area contributed by atoms with Crippen molar-refractivity contribution in [3.63, 3.8) is 0 Å². The SMILES string of the molecule is NCC1(c2cc(F)c(C(=O)O)c(F)c2F)CCC1. The van der Waals surface area contributed by atoms with Crippen molar-refractivity contribution in [3.05, 3.63) is 34.6 Å². The second kappa shape index (κ2) is 4.28. The highest BCUT2D eigenvalue weighted by molar-refractivity contribution is 5.88. The predicted octanol–water partition coefficient (Wildman–Crippen LogP) is 2.18. The Morgan fingerprint density at radius 3 is 2.33 bits per heavy atom. The molecule has 1 aliphatic rings. The number of aromatic carboxylic acids is 1. The predicted molar refractivity (Wildman–Crippen MR) is 57.9 cm³/mol. The van der Waals surface area contributed by atoms with Crippen LogP contribution in [-0.4, -0.2) is 17.6 Å². The Labute approximate surface area is 101 Å². The number of benzene rings is 1. The Bertz CT molecular complexity index is 507. The highest BCUT2D eigenvalue weighted by atomic mass is 19.2. The second-order valence-corrected chi connectivity index (χ2v) is 4.55. The molecule has 0 amide bonds. The second-order valence-electron chi connectivity index (χ2n) is 4.55. The van der Waals surface area contributed by atoms with Gasteiger partial charge in [-0.2, -0.15) is 0 Å². The number of hydrogen-bond acceptors (Lipinski definition) is 2. The Morgan fingerprint density at radius 2 is 1.94 bits per heavy atom. The zero-order chi connectivity index (χ0) is 13.5. The lowest BCUT2D eigenvalue weighted by molar-refractivity contribution is 0.0684. The first kappa shape index (κ1) is 12.9. The molecule has 0 atom stereocenters. The van der Waals surface area contributed by atoms with Gasteiger partial charge in [0, 0.05) is 17.5 Å². The molecular weight excluding hydrogens is 247 g/mol. The maximum absolute atomic E-state index is 13.8. The zero-order valence-electron chi connectivity index (χ0n) is 9.47. The standard InChI is InChI=1S/C12H12F3NO2/c13-7-4-6(12(5-16)2-1-3-12)9(14)10(15)8(7)11(17)18/h4H,1-3,5,16H2,(H,17,18). The molecule has 98 valence electrons. The van der Waals surface area contributed by atoms with Gasteiger partial charge >= 0.3 is 5.97 Å². The van der Waals surface area contributed by atoms with Crippen molar-refractivity contribution in [2.24, 2.45) is 5.73 Å². The molecule has 1 fully saturated rings. The van der Waals surface area contributed by atoms with Crippen molar-refractivity contribution in [3.8, 4) is 0 Å². The maximum atomic E-state index is 13.8. The smallest absolute Gasteiger partial charge is 0.341 e. The quantitative estimate of drug-likeness (QED) is 0.818. The van der Waals surface area contributed by atoms with Gasteiger partial charge in [-0.25, -0.2) is 18.0 Å². The Kier molecular flexibility index (Phi) is 3.06. The lowest BCUT2D eigenvalue weighted by atomic mass is 9.64. The van der Waals surface area contributed by atoms with Gasteiger partial charge in [0.1, 0.15) is 11.4 Å². The van der Waals surface area contributed by atoms with Crippen LogP contribution in [-0.2, 0) is 5.41 Å². The van der Waals surface area contributed by atoms with Gasteiger partial charge in [0.15, 0.2) is 11.6 Å². The molecule has 0 aliphatic heterocycles. The van der Waals surface area contributed by atoms with Crippen molar-refractivity contribution in [1.82, 2.24) is 0 Å². The molecule has 0 heterocycles. The van der Waals surface area contributed by atoms with Crippen molar-refractivity contribution in [2.75, 3.05) is 6.54 Å². The van der Waals surface area contributed by atoms with E-state index in [0.29, 0.717) is 12.8 Å². The summed E-state index contributed by atoms with van der Waals surface area (Å²) >= 11 is 0. The van der Waals surface area contributed by atoms with Crippen LogP contribution in [0.3, 0.4) is 0 Å². The molecule has 1 aliphatic carbocycles. The van der Waals surface area contributed by atoms with Gasteiger partial charge < -0.3 is 10.8 Å². The molecule has 1 aromatic carbocycles. The third-order valence-electron chi connectivity index (χ3n) is 3.65. The Morgan fingerprint density at radius 1 is 1.33 bits per heavy atom. The summed E-state index contributed by atoms with van der Waals surface area (Å²) in [6.07, 6.45) is 1.90. The third-order valence-corrected chi connectivity index (χ3v) is 3.65. The average Bonchev–Trinajstić information content (AvgIpc) is 2.24. The topological polar surface area (TPSA) is 63.3 Å². The molecule has 1 aromatic rings. The lowest BCUT2D eigenvalue weighted by Crippen LogP contribution is -2.42. The van der Waals surface area contributed by atoms with Crippen LogP contribution in [0.15, 0.2) is 6.07 Å². The van der Waals surface area contributed by atoms with Crippen LogP contribution in [0.2, 0.25) is 0 Å². The van der Waals surface area contributed by atoms with Crippen molar-refractivity contribution in [2.45, 2.75) is 24.7 Å². The van der Waals surface area contributed by atoms with Crippen LogP contribution < -0.4 is 5.73 Å². The summed E-state index contributed by atoms with van der Waals surface area (Å²) in [4.78, 5) is 10.6. The summed E-state index contributed by atoms with van der Waals surface area (Å²) in [5.74, 6) is -6.06. The maximum Gasteiger partial charge on any atom is 0.341 e. The van der Waals surface area contributed by atoms with E-state index in [-0.39, 0.29) is 12.1 Å². The number of hydrogen-bond donors (Lipinski definition) is 2. The fourth-order valence-electron chi connectivity index (χ4n) is 2.36. The fourth-order valence-corrected chi connectivity index (χ4v) is 2.36. The minimum atomic E-state index is -1.83. The van der Waals surface area contributed by atoms with Crippen LogP contribution >= 0.6 is 0 Å². The molecule has 0 radical (unpaired) electrons. The van der Waals surface area contributed by atoms with Gasteiger partial charge in [0.05, 0.1) is 0 Å². The lowest BCUT2D eigenvalue weighted by Gasteiger charge is -2.41. The van der Waals surface area contributed by atoms with E-state index in [9.17, 15) is 18.0 Å². The van der Waals surface area contributed by atoms with E-state index >= 15 is 0 Å². The molecule has 2 rings (SSSR count). The third kappa shape index (κ3) is 1.68. The van der Waals surface area contributed by atoms with Gasteiger partial charge in [-0.15, -0.1) is 0 Å². The molecule has 0 bridgehead atoms. The Balaban J connectivity index is 2.61. The minimum absolute atomic E-state index is 0.0786. The fraction of sp³-hybridized carbons (Fsp3) is 0.417. The first-order valence-corrected chi connectivity index (χ1v) is 5.54. The van der Waals surface area contributed by atoms with E-state index in [1.165, 1.54) is 0 Å². The van der Waals surface area contributed by atoms with E-state index in [2.05, 4.69) is 0 Å². The molecule has 0 saturated heterocycles. The average molecular weight is 259 g/mol. The summed E-state index contributed by atoms with van der Waals surface area (Å²) < 4.78 is 40.9. The van der Waals surface area contributed by atoms with Crippen molar-refractivity contribution in [1.29, 1.82) is 0 Å². The number of carboxylic acids is 1. The van der Waals surface area contributed by atoms with E-state index in [0.717, 1.165) is 12.5 Å². The molecule has 3 N–H and O–H groups in total. The molecule has 0 aromatic heterocycles. The van der Waals surface area contributed by atoms with Crippen LogP contribution in [0.5, 0.6) is 0 Å². The van der Waals surface area contributed by atoms with Gasteiger partial charge in [-0.05, 0) is 18.9 Å². The summed E-state index contributed by atoms with van der Waals surface area (Å²) in [5, 5.41) is 8.62. The molecule has 0 spiro atoms. The summed E-state index contributed by atoms with van der Waals surface area (Å²) in [5.41, 5.74) is 3.36. The van der Waals surface area contributed by atoms with Crippen molar-refractivity contribution < 1.29 is 23.1 Å².